The lowest BCUT2D eigenvalue weighted by atomic mass is 9.95. The van der Waals surface area contributed by atoms with Crippen molar-refractivity contribution < 1.29 is 10.2 Å². The van der Waals surface area contributed by atoms with Crippen LogP contribution in [0.1, 0.15) is 47.8 Å². The van der Waals surface area contributed by atoms with Crippen LogP contribution in [0, 0.1) is 6.92 Å². The summed E-state index contributed by atoms with van der Waals surface area (Å²) in [6.45, 7) is 1.90. The number of aromatic amines is 1. The summed E-state index contributed by atoms with van der Waals surface area (Å²) in [4.78, 5) is 14.6. The van der Waals surface area contributed by atoms with Crippen LogP contribution in [0.4, 0.5) is 0 Å². The first-order valence-electron chi connectivity index (χ1n) is 8.35. The number of aromatic hydroxyl groups is 2. The molecule has 2 aromatic heterocycles. The number of pyridine rings is 1. The molecule has 0 aliphatic heterocycles. The molecule has 0 spiro atoms. The lowest BCUT2D eigenvalue weighted by Crippen LogP contribution is -2.05. The summed E-state index contributed by atoms with van der Waals surface area (Å²) in [5.41, 5.74) is 3.95. The molecule has 5 heteroatoms. The summed E-state index contributed by atoms with van der Waals surface area (Å²) in [7, 11) is 0. The Bertz CT molecular complexity index is 1030. The van der Waals surface area contributed by atoms with Crippen LogP contribution in [0.2, 0.25) is 0 Å². The summed E-state index contributed by atoms with van der Waals surface area (Å²) < 4.78 is 1.51. The molecule has 2 aliphatic carbocycles. The van der Waals surface area contributed by atoms with Crippen molar-refractivity contribution in [2.45, 2.75) is 38.0 Å². The number of nitrogens with zero attached hydrogens (tertiary/aromatic N) is 1. The molecule has 0 radical (unpaired) electrons. The van der Waals surface area contributed by atoms with E-state index in [2.05, 4.69) is 4.98 Å². The number of rotatable bonds is 1. The van der Waals surface area contributed by atoms with Gasteiger partial charge in [-0.15, -0.1) is 0 Å². The van der Waals surface area contributed by atoms with Gasteiger partial charge in [-0.2, -0.15) is 0 Å². The van der Waals surface area contributed by atoms with E-state index in [1.54, 1.807) is 12.1 Å². The molecular formula is C19H18N2O3. The number of aromatic nitrogens is 2. The van der Waals surface area contributed by atoms with Gasteiger partial charge >= 0.3 is 0 Å². The molecule has 5 nitrogen and oxygen atoms in total. The second kappa shape index (κ2) is 4.44. The second-order valence-electron chi connectivity index (χ2n) is 7.06. The van der Waals surface area contributed by atoms with E-state index in [1.165, 1.54) is 4.57 Å². The predicted octanol–water partition coefficient (Wildman–Crippen LogP) is 3.40. The largest absolute Gasteiger partial charge is 0.494 e. The van der Waals surface area contributed by atoms with Gasteiger partial charge in [0.25, 0.3) is 0 Å². The molecule has 122 valence electrons. The van der Waals surface area contributed by atoms with Crippen LogP contribution in [0.5, 0.6) is 11.8 Å². The highest BCUT2D eigenvalue weighted by Crippen LogP contribution is 2.60. The summed E-state index contributed by atoms with van der Waals surface area (Å²) in [6, 6.07) is 7.15. The van der Waals surface area contributed by atoms with E-state index in [4.69, 9.17) is 0 Å². The van der Waals surface area contributed by atoms with Gasteiger partial charge in [0, 0.05) is 22.6 Å². The molecule has 0 unspecified atom stereocenters. The van der Waals surface area contributed by atoms with Crippen molar-refractivity contribution in [2.24, 2.45) is 0 Å². The van der Waals surface area contributed by atoms with Crippen molar-refractivity contribution >= 4 is 10.9 Å². The molecule has 24 heavy (non-hydrogen) atoms. The topological polar surface area (TPSA) is 78.2 Å². The molecule has 2 heterocycles. The van der Waals surface area contributed by atoms with Crippen LogP contribution in [0.3, 0.4) is 0 Å². The van der Waals surface area contributed by atoms with Gasteiger partial charge in [0.15, 0.2) is 0 Å². The number of aryl methyl sites for hydroxylation is 1. The number of hydrogen-bond donors (Lipinski definition) is 3. The minimum Gasteiger partial charge on any atom is -0.494 e. The Morgan fingerprint density at radius 1 is 1.08 bits per heavy atom. The predicted molar refractivity (Wildman–Crippen MR) is 91.3 cm³/mol. The molecule has 3 N–H and O–H groups in total. The Morgan fingerprint density at radius 3 is 2.42 bits per heavy atom. The molecule has 1 aromatic carbocycles. The smallest absolute Gasteiger partial charge is 0.248 e. The average molecular weight is 322 g/mol. The first-order valence-corrected chi connectivity index (χ1v) is 8.35. The normalized spacial score (nSPS) is 21.5. The van der Waals surface area contributed by atoms with E-state index < -0.39 is 0 Å². The van der Waals surface area contributed by atoms with Gasteiger partial charge in [-0.3, -0.25) is 9.36 Å². The van der Waals surface area contributed by atoms with Crippen LogP contribution in [-0.4, -0.2) is 19.8 Å². The zero-order chi connectivity index (χ0) is 16.6. The van der Waals surface area contributed by atoms with Crippen LogP contribution in [-0.2, 0) is 0 Å². The van der Waals surface area contributed by atoms with Gasteiger partial charge in [-0.25, -0.2) is 0 Å². The minimum absolute atomic E-state index is 0.143. The number of nitrogens with one attached hydrogen (secondary N) is 1. The SMILES string of the molecule is Cc1cc(=O)[nH]c2cc(-n3c(O)c4c(c3O)[C@H]3CC[C@@H]4C3)ccc12. The first kappa shape index (κ1) is 13.7. The molecule has 0 saturated heterocycles. The molecule has 5 rings (SSSR count). The van der Waals surface area contributed by atoms with Gasteiger partial charge in [0.1, 0.15) is 0 Å². The van der Waals surface area contributed by atoms with Crippen molar-refractivity contribution in [1.82, 2.24) is 9.55 Å². The summed E-state index contributed by atoms with van der Waals surface area (Å²) in [6.07, 6.45) is 3.20. The van der Waals surface area contributed by atoms with Crippen LogP contribution < -0.4 is 5.56 Å². The van der Waals surface area contributed by atoms with E-state index in [-0.39, 0.29) is 17.3 Å². The molecule has 2 bridgehead atoms. The first-order chi connectivity index (χ1) is 11.5. The van der Waals surface area contributed by atoms with Crippen LogP contribution in [0.15, 0.2) is 29.1 Å². The monoisotopic (exact) mass is 322 g/mol. The summed E-state index contributed by atoms with van der Waals surface area (Å²) in [5.74, 6) is 1.01. The number of hydrogen-bond acceptors (Lipinski definition) is 3. The molecule has 0 amide bonds. The number of fused-ring (bicyclic) bond motifs is 6. The van der Waals surface area contributed by atoms with Crippen molar-refractivity contribution in [3.8, 4) is 17.4 Å². The quantitative estimate of drug-likeness (QED) is 0.642. The van der Waals surface area contributed by atoms with E-state index in [0.29, 0.717) is 23.0 Å². The van der Waals surface area contributed by atoms with Crippen LogP contribution >= 0.6 is 0 Å². The van der Waals surface area contributed by atoms with Gasteiger partial charge in [-0.05, 0) is 55.7 Å². The highest BCUT2D eigenvalue weighted by Gasteiger charge is 2.44. The maximum absolute atomic E-state index is 11.7. The van der Waals surface area contributed by atoms with Crippen LogP contribution in [0.25, 0.3) is 16.6 Å². The van der Waals surface area contributed by atoms with Gasteiger partial charge < -0.3 is 15.2 Å². The van der Waals surface area contributed by atoms with Crippen molar-refractivity contribution in [3.63, 3.8) is 0 Å². The average Bonchev–Trinajstić information content (AvgIpc) is 3.20. The van der Waals surface area contributed by atoms with Gasteiger partial charge in [0.2, 0.25) is 17.3 Å². The maximum atomic E-state index is 11.7. The third kappa shape index (κ3) is 1.62. The molecule has 1 fully saturated rings. The van der Waals surface area contributed by atoms with Crippen molar-refractivity contribution in [3.05, 3.63) is 51.3 Å². The molecular weight excluding hydrogens is 304 g/mol. The van der Waals surface area contributed by atoms with Crippen molar-refractivity contribution in [1.29, 1.82) is 0 Å². The zero-order valence-electron chi connectivity index (χ0n) is 13.3. The van der Waals surface area contributed by atoms with Gasteiger partial charge in [0.05, 0.1) is 11.2 Å². The third-order valence-corrected chi connectivity index (χ3v) is 5.74. The molecule has 3 aromatic rings. The highest BCUT2D eigenvalue weighted by atomic mass is 16.3. The standard InChI is InChI=1S/C19H18N2O3/c1-9-6-15(22)20-14-8-12(4-5-13(9)14)21-18(23)16-10-2-3-11(7-10)17(16)19(21)24/h4-6,8,10-11,23-24H,2-3,7H2,1H3,(H,20,22)/t10-,11+. The third-order valence-electron chi connectivity index (χ3n) is 5.74. The van der Waals surface area contributed by atoms with E-state index in [0.717, 1.165) is 41.3 Å². The Labute approximate surface area is 138 Å². The lowest BCUT2D eigenvalue weighted by molar-refractivity contribution is 0.395. The number of H-pyrrole nitrogens is 1. The molecule has 2 aliphatic rings. The Kier molecular flexibility index (Phi) is 2.54. The fraction of sp³-hybridized carbons (Fsp3) is 0.316. The number of benzene rings is 1. The minimum atomic E-state index is -0.154. The van der Waals surface area contributed by atoms with Crippen molar-refractivity contribution in [2.75, 3.05) is 0 Å². The Morgan fingerprint density at radius 2 is 1.75 bits per heavy atom. The molecule has 1 saturated carbocycles. The van der Waals surface area contributed by atoms with E-state index in [1.807, 2.05) is 19.1 Å². The summed E-state index contributed by atoms with van der Waals surface area (Å²) >= 11 is 0. The lowest BCUT2D eigenvalue weighted by Gasteiger charge is -2.11. The highest BCUT2D eigenvalue weighted by molar-refractivity contribution is 5.84. The van der Waals surface area contributed by atoms with E-state index >= 15 is 0 Å². The molecule has 2 atom stereocenters. The van der Waals surface area contributed by atoms with Gasteiger partial charge in [-0.1, -0.05) is 6.07 Å². The zero-order valence-corrected chi connectivity index (χ0v) is 13.3. The fourth-order valence-corrected chi connectivity index (χ4v) is 4.70. The Balaban J connectivity index is 1.76. The summed E-state index contributed by atoms with van der Waals surface area (Å²) in [5, 5.41) is 22.4. The van der Waals surface area contributed by atoms with E-state index in [9.17, 15) is 15.0 Å². The second-order valence-corrected chi connectivity index (χ2v) is 7.06. The maximum Gasteiger partial charge on any atom is 0.248 e. The fourth-order valence-electron chi connectivity index (χ4n) is 4.70. The Hall–Kier alpha value is -2.69.